The maximum absolute atomic E-state index is 12.7. The SMILES string of the molecule is CCNC1NNC2CC3NC(=O)N([C@H](C)c4ccccc4)CC3CC21. The standard InChI is InChI=1S/C19H29N5O/c1-3-20-18-15-9-14-11-24(12(2)13-7-5-4-6-8-13)19(25)21-16(14)10-17(15)22-23-18/h4-8,12,14-18,20,22-23H,3,9-11H2,1-2H3,(H,21,25)/t12-,14?,15?,16?,17?,18?/m1/s1. The minimum Gasteiger partial charge on any atom is -0.335 e. The van der Waals surface area contributed by atoms with Crippen molar-refractivity contribution in [2.45, 2.75) is 51.0 Å². The van der Waals surface area contributed by atoms with E-state index in [-0.39, 0.29) is 18.1 Å². The molecule has 2 aliphatic heterocycles. The first-order chi connectivity index (χ1) is 12.2. The van der Waals surface area contributed by atoms with Gasteiger partial charge < -0.3 is 15.5 Å². The van der Waals surface area contributed by atoms with Crippen molar-refractivity contribution in [1.29, 1.82) is 0 Å². The van der Waals surface area contributed by atoms with Gasteiger partial charge in [0.15, 0.2) is 0 Å². The number of nitrogens with zero attached hydrogens (tertiary/aromatic N) is 1. The Hall–Kier alpha value is -1.63. The number of amides is 2. The van der Waals surface area contributed by atoms with Gasteiger partial charge >= 0.3 is 6.03 Å². The van der Waals surface area contributed by atoms with Gasteiger partial charge in [-0.1, -0.05) is 37.3 Å². The van der Waals surface area contributed by atoms with Crippen molar-refractivity contribution in [3.63, 3.8) is 0 Å². The Morgan fingerprint density at radius 1 is 1.20 bits per heavy atom. The zero-order valence-electron chi connectivity index (χ0n) is 15.0. The second-order valence-corrected chi connectivity index (χ2v) is 7.62. The van der Waals surface area contributed by atoms with E-state index in [0.717, 1.165) is 25.9 Å². The Kier molecular flexibility index (Phi) is 4.67. The molecule has 1 aliphatic carbocycles. The van der Waals surface area contributed by atoms with Crippen LogP contribution in [0.4, 0.5) is 4.79 Å². The molecule has 5 unspecified atom stereocenters. The van der Waals surface area contributed by atoms with Gasteiger partial charge in [-0.05, 0) is 37.8 Å². The zero-order valence-corrected chi connectivity index (χ0v) is 15.0. The lowest BCUT2D eigenvalue weighted by Gasteiger charge is -2.47. The average molecular weight is 343 g/mol. The normalized spacial score (nSPS) is 35.7. The van der Waals surface area contributed by atoms with E-state index in [1.165, 1.54) is 5.56 Å². The van der Waals surface area contributed by atoms with E-state index in [0.29, 0.717) is 24.0 Å². The molecule has 2 saturated heterocycles. The average Bonchev–Trinajstić information content (AvgIpc) is 3.02. The van der Waals surface area contributed by atoms with Gasteiger partial charge in [-0.25, -0.2) is 10.2 Å². The molecule has 2 amide bonds. The van der Waals surface area contributed by atoms with Crippen molar-refractivity contribution in [3.05, 3.63) is 35.9 Å². The highest BCUT2D eigenvalue weighted by atomic mass is 16.2. The highest BCUT2D eigenvalue weighted by Gasteiger charge is 2.47. The minimum atomic E-state index is 0.0743. The Bertz CT molecular complexity index is 609. The summed E-state index contributed by atoms with van der Waals surface area (Å²) in [6, 6.07) is 11.2. The van der Waals surface area contributed by atoms with Crippen molar-refractivity contribution in [2.75, 3.05) is 13.1 Å². The van der Waals surface area contributed by atoms with E-state index in [1.54, 1.807) is 0 Å². The molecule has 2 heterocycles. The molecule has 3 fully saturated rings. The Morgan fingerprint density at radius 3 is 2.76 bits per heavy atom. The quantitative estimate of drug-likeness (QED) is 0.670. The molecule has 3 aliphatic rings. The highest BCUT2D eigenvalue weighted by molar-refractivity contribution is 5.76. The molecule has 1 saturated carbocycles. The number of benzene rings is 1. The molecule has 0 radical (unpaired) electrons. The molecule has 6 heteroatoms. The van der Waals surface area contributed by atoms with Crippen LogP contribution in [0.25, 0.3) is 0 Å². The van der Waals surface area contributed by atoms with Gasteiger partial charge in [0.25, 0.3) is 0 Å². The highest BCUT2D eigenvalue weighted by Crippen LogP contribution is 2.37. The van der Waals surface area contributed by atoms with Crippen molar-refractivity contribution in [2.24, 2.45) is 11.8 Å². The van der Waals surface area contributed by atoms with Gasteiger partial charge in [-0.2, -0.15) is 0 Å². The van der Waals surface area contributed by atoms with Crippen molar-refractivity contribution < 1.29 is 4.79 Å². The number of fused-ring (bicyclic) bond motifs is 2. The van der Waals surface area contributed by atoms with Crippen LogP contribution in [-0.4, -0.2) is 42.3 Å². The zero-order chi connectivity index (χ0) is 17.4. The topological polar surface area (TPSA) is 68.4 Å². The molecule has 4 N–H and O–H groups in total. The second-order valence-electron chi connectivity index (χ2n) is 7.62. The van der Waals surface area contributed by atoms with Gasteiger partial charge in [0.05, 0.1) is 12.2 Å². The van der Waals surface area contributed by atoms with Crippen LogP contribution in [0.5, 0.6) is 0 Å². The predicted octanol–water partition coefficient (Wildman–Crippen LogP) is 1.58. The predicted molar refractivity (Wildman–Crippen MR) is 97.6 cm³/mol. The van der Waals surface area contributed by atoms with Crippen LogP contribution in [0.15, 0.2) is 30.3 Å². The van der Waals surface area contributed by atoms with Gasteiger partial charge in [-0.15, -0.1) is 0 Å². The number of rotatable bonds is 4. The maximum Gasteiger partial charge on any atom is 0.318 e. The summed E-state index contributed by atoms with van der Waals surface area (Å²) in [6.07, 6.45) is 2.46. The van der Waals surface area contributed by atoms with E-state index in [1.807, 2.05) is 23.1 Å². The summed E-state index contributed by atoms with van der Waals surface area (Å²) in [5, 5.41) is 6.81. The number of hydrazine groups is 1. The van der Waals surface area contributed by atoms with E-state index >= 15 is 0 Å². The summed E-state index contributed by atoms with van der Waals surface area (Å²) >= 11 is 0. The lowest BCUT2D eigenvalue weighted by atomic mass is 9.73. The van der Waals surface area contributed by atoms with Crippen molar-refractivity contribution >= 4 is 6.03 Å². The second kappa shape index (κ2) is 6.94. The monoisotopic (exact) mass is 343 g/mol. The molecule has 6 nitrogen and oxygen atoms in total. The first-order valence-corrected chi connectivity index (χ1v) is 9.54. The molecular weight excluding hydrogens is 314 g/mol. The first-order valence-electron chi connectivity index (χ1n) is 9.54. The molecule has 25 heavy (non-hydrogen) atoms. The molecule has 4 rings (SSSR count). The fraction of sp³-hybridized carbons (Fsp3) is 0.632. The van der Waals surface area contributed by atoms with Gasteiger partial charge in [0, 0.05) is 24.5 Å². The molecule has 1 aromatic carbocycles. The van der Waals surface area contributed by atoms with Crippen molar-refractivity contribution in [1.82, 2.24) is 26.4 Å². The van der Waals surface area contributed by atoms with Gasteiger partial charge in [0.2, 0.25) is 0 Å². The molecule has 0 spiro atoms. The largest absolute Gasteiger partial charge is 0.335 e. The molecule has 136 valence electrons. The molecule has 0 aromatic heterocycles. The third-order valence-corrected chi connectivity index (χ3v) is 6.20. The number of hydrogen-bond acceptors (Lipinski definition) is 4. The van der Waals surface area contributed by atoms with Crippen LogP contribution < -0.4 is 21.5 Å². The summed E-state index contributed by atoms with van der Waals surface area (Å²) in [6.45, 7) is 6.07. The van der Waals surface area contributed by atoms with Crippen LogP contribution in [0.2, 0.25) is 0 Å². The Labute approximate surface area is 149 Å². The fourth-order valence-electron chi connectivity index (χ4n) is 4.78. The van der Waals surface area contributed by atoms with Crippen LogP contribution in [0.3, 0.4) is 0 Å². The molecule has 6 atom stereocenters. The summed E-state index contributed by atoms with van der Waals surface area (Å²) in [5.41, 5.74) is 8.01. The third-order valence-electron chi connectivity index (χ3n) is 6.20. The van der Waals surface area contributed by atoms with Crippen LogP contribution in [0.1, 0.15) is 38.3 Å². The summed E-state index contributed by atoms with van der Waals surface area (Å²) in [5.74, 6) is 1.08. The van der Waals surface area contributed by atoms with E-state index in [2.05, 4.69) is 47.5 Å². The van der Waals surface area contributed by atoms with E-state index in [4.69, 9.17) is 0 Å². The van der Waals surface area contributed by atoms with Crippen LogP contribution >= 0.6 is 0 Å². The van der Waals surface area contributed by atoms with Gasteiger partial charge in [-0.3, -0.25) is 5.43 Å². The van der Waals surface area contributed by atoms with Gasteiger partial charge in [0.1, 0.15) is 0 Å². The summed E-state index contributed by atoms with van der Waals surface area (Å²) in [4.78, 5) is 14.7. The molecular formula is C19H29N5O. The Morgan fingerprint density at radius 2 is 2.00 bits per heavy atom. The summed E-state index contributed by atoms with van der Waals surface area (Å²) in [7, 11) is 0. The number of carbonyl (C=O) groups is 1. The maximum atomic E-state index is 12.7. The van der Waals surface area contributed by atoms with Crippen LogP contribution in [0, 0.1) is 11.8 Å². The number of carbonyl (C=O) groups excluding carboxylic acids is 1. The fourth-order valence-corrected chi connectivity index (χ4v) is 4.78. The third kappa shape index (κ3) is 3.14. The van der Waals surface area contributed by atoms with Crippen molar-refractivity contribution in [3.8, 4) is 0 Å². The molecule has 0 bridgehead atoms. The van der Waals surface area contributed by atoms with E-state index in [9.17, 15) is 4.79 Å². The minimum absolute atomic E-state index is 0.0743. The molecule has 1 aromatic rings. The first kappa shape index (κ1) is 16.8. The summed E-state index contributed by atoms with van der Waals surface area (Å²) < 4.78 is 0. The van der Waals surface area contributed by atoms with Crippen LogP contribution in [-0.2, 0) is 0 Å². The number of nitrogens with one attached hydrogen (secondary N) is 4. The lowest BCUT2D eigenvalue weighted by Crippen LogP contribution is -2.61. The number of urea groups is 1. The Balaban J connectivity index is 1.48. The number of hydrogen-bond donors (Lipinski definition) is 4. The van der Waals surface area contributed by atoms with E-state index < -0.39 is 0 Å². The smallest absolute Gasteiger partial charge is 0.318 e. The lowest BCUT2D eigenvalue weighted by molar-refractivity contribution is 0.0818.